The molecule has 1 rings (SSSR count). The van der Waals surface area contributed by atoms with Crippen LogP contribution in [-0.2, 0) is 11.0 Å². The Labute approximate surface area is 172 Å². The van der Waals surface area contributed by atoms with Crippen molar-refractivity contribution in [2.24, 2.45) is 0 Å². The molecule has 0 aliphatic heterocycles. The van der Waals surface area contributed by atoms with Crippen LogP contribution in [0, 0.1) is 5.82 Å². The Balaban J connectivity index is 3.02. The van der Waals surface area contributed by atoms with E-state index in [1.165, 1.54) is 50.8 Å². The van der Waals surface area contributed by atoms with Crippen molar-refractivity contribution in [3.63, 3.8) is 0 Å². The number of unbranched alkanes of at least 4 members (excludes halogenated alkanes) is 3. The van der Waals surface area contributed by atoms with Crippen LogP contribution < -0.4 is 0 Å². The zero-order valence-electron chi connectivity index (χ0n) is 18.7. The minimum absolute atomic E-state index is 0.140. The van der Waals surface area contributed by atoms with Gasteiger partial charge in [-0.15, -0.1) is 0 Å². The van der Waals surface area contributed by atoms with E-state index in [0.29, 0.717) is 12.0 Å². The third-order valence-electron chi connectivity index (χ3n) is 5.82. The first-order valence-electron chi connectivity index (χ1n) is 11.2. The summed E-state index contributed by atoms with van der Waals surface area (Å²) in [5.74, 6) is -0.684. The molecule has 0 aliphatic rings. The summed E-state index contributed by atoms with van der Waals surface area (Å²) >= 11 is 0. The molecule has 1 unspecified atom stereocenters. The van der Waals surface area contributed by atoms with Crippen molar-refractivity contribution in [3.8, 4) is 0 Å². The minimum atomic E-state index is -2.02. The van der Waals surface area contributed by atoms with Gasteiger partial charge in [-0.3, -0.25) is 9.78 Å². The quantitative estimate of drug-likeness (QED) is 0.223. The number of Topliss-reactive ketones (excluding diaryl/α,β-unsaturated/α-hetero) is 1. The van der Waals surface area contributed by atoms with E-state index in [2.05, 4.69) is 32.3 Å². The largest absolute Gasteiger partial charge is 0.411 e. The molecule has 0 saturated heterocycles. The first-order valence-corrected chi connectivity index (χ1v) is 13.9. The van der Waals surface area contributed by atoms with E-state index in [1.807, 2.05) is 0 Å². The fourth-order valence-electron chi connectivity index (χ4n) is 3.80. The second kappa shape index (κ2) is 13.2. The Kier molecular flexibility index (Phi) is 11.8. The molecule has 1 aromatic heterocycles. The van der Waals surface area contributed by atoms with Crippen LogP contribution in [0.3, 0.4) is 0 Å². The standard InChI is InChI=1S/C23H40FNO2Si/c1-6-10-13-19(14-11-7-2)28(5,17-12-8-3)27-18-21-23(24)20(15-16-25-21)22(26)9-4/h15-16,19H,6-14,17-18H2,1-5H3. The van der Waals surface area contributed by atoms with Gasteiger partial charge in [-0.1, -0.05) is 79.1 Å². The maximum Gasteiger partial charge on any atom is 0.193 e. The van der Waals surface area contributed by atoms with Crippen molar-refractivity contribution in [3.05, 3.63) is 29.3 Å². The Hall–Kier alpha value is -1.07. The Morgan fingerprint density at radius 1 is 1.11 bits per heavy atom. The number of hydrogen-bond acceptors (Lipinski definition) is 3. The van der Waals surface area contributed by atoms with E-state index >= 15 is 0 Å². The first kappa shape index (κ1) is 25.0. The van der Waals surface area contributed by atoms with Crippen LogP contribution in [0.4, 0.5) is 4.39 Å². The highest BCUT2D eigenvalue weighted by molar-refractivity contribution is 6.74. The molecular formula is C23H40FNO2Si. The van der Waals surface area contributed by atoms with Crippen LogP contribution in [-0.4, -0.2) is 19.1 Å². The van der Waals surface area contributed by atoms with Crippen molar-refractivity contribution in [1.29, 1.82) is 0 Å². The van der Waals surface area contributed by atoms with Crippen LogP contribution in [0.5, 0.6) is 0 Å². The molecule has 0 radical (unpaired) electrons. The Morgan fingerprint density at radius 3 is 2.25 bits per heavy atom. The van der Waals surface area contributed by atoms with Gasteiger partial charge in [-0.25, -0.2) is 4.39 Å². The number of pyridine rings is 1. The zero-order chi connectivity index (χ0) is 21.0. The summed E-state index contributed by atoms with van der Waals surface area (Å²) in [5, 5.41) is 0. The highest BCUT2D eigenvalue weighted by Gasteiger charge is 2.37. The fourth-order valence-corrected chi connectivity index (χ4v) is 7.74. The molecule has 0 aliphatic carbocycles. The lowest BCUT2D eigenvalue weighted by Crippen LogP contribution is -2.40. The third-order valence-corrected chi connectivity index (χ3v) is 10.3. The van der Waals surface area contributed by atoms with Crippen LogP contribution in [0.2, 0.25) is 18.1 Å². The van der Waals surface area contributed by atoms with Gasteiger partial charge in [0.1, 0.15) is 5.69 Å². The fraction of sp³-hybridized carbons (Fsp3) is 0.739. The van der Waals surface area contributed by atoms with Gasteiger partial charge in [0.15, 0.2) is 19.9 Å². The van der Waals surface area contributed by atoms with E-state index in [9.17, 15) is 9.18 Å². The number of carbonyl (C=O) groups is 1. The Morgan fingerprint density at radius 2 is 1.71 bits per heavy atom. The van der Waals surface area contributed by atoms with Crippen molar-refractivity contribution < 1.29 is 13.6 Å². The number of aromatic nitrogens is 1. The van der Waals surface area contributed by atoms with Gasteiger partial charge in [0.2, 0.25) is 0 Å². The molecule has 0 amide bonds. The van der Waals surface area contributed by atoms with Crippen molar-refractivity contribution >= 4 is 14.1 Å². The van der Waals surface area contributed by atoms with Gasteiger partial charge >= 0.3 is 0 Å². The molecule has 0 fully saturated rings. The number of nitrogens with zero attached hydrogens (tertiary/aromatic N) is 1. The summed E-state index contributed by atoms with van der Waals surface area (Å²) in [6, 6.07) is 2.58. The van der Waals surface area contributed by atoms with E-state index < -0.39 is 14.1 Å². The van der Waals surface area contributed by atoms with Gasteiger partial charge < -0.3 is 4.43 Å². The summed E-state index contributed by atoms with van der Waals surface area (Å²) < 4.78 is 21.3. The van der Waals surface area contributed by atoms with Crippen molar-refractivity contribution in [1.82, 2.24) is 4.98 Å². The SMILES string of the molecule is CCCCC(CCCC)[Si](C)(CCCC)OCc1nccc(C(=O)CC)c1F. The Bertz CT molecular complexity index is 588. The summed E-state index contributed by atoms with van der Waals surface area (Å²) in [6.07, 6.45) is 11.4. The average Bonchev–Trinajstić information content (AvgIpc) is 2.71. The monoisotopic (exact) mass is 409 g/mol. The molecule has 5 heteroatoms. The molecule has 0 saturated carbocycles. The summed E-state index contributed by atoms with van der Waals surface area (Å²) in [4.78, 5) is 16.2. The maximum atomic E-state index is 14.8. The molecule has 0 aromatic carbocycles. The number of rotatable bonds is 15. The van der Waals surface area contributed by atoms with Gasteiger partial charge in [0.05, 0.1) is 12.2 Å². The molecule has 28 heavy (non-hydrogen) atoms. The number of ketones is 1. The lowest BCUT2D eigenvalue weighted by atomic mass is 10.1. The van der Waals surface area contributed by atoms with Crippen molar-refractivity contribution in [2.75, 3.05) is 0 Å². The summed E-state index contributed by atoms with van der Waals surface area (Å²) in [7, 11) is -2.02. The van der Waals surface area contributed by atoms with Crippen molar-refractivity contribution in [2.45, 2.75) is 110 Å². The maximum absolute atomic E-state index is 14.8. The lowest BCUT2D eigenvalue weighted by Gasteiger charge is -2.36. The number of halogens is 1. The molecular weight excluding hydrogens is 369 g/mol. The first-order chi connectivity index (χ1) is 13.4. The van der Waals surface area contributed by atoms with Crippen LogP contribution in [0.25, 0.3) is 0 Å². The van der Waals surface area contributed by atoms with E-state index in [0.717, 1.165) is 18.9 Å². The van der Waals surface area contributed by atoms with Gasteiger partial charge in [-0.05, 0) is 24.2 Å². The van der Waals surface area contributed by atoms with Gasteiger partial charge in [-0.2, -0.15) is 0 Å². The van der Waals surface area contributed by atoms with Crippen LogP contribution >= 0.6 is 0 Å². The van der Waals surface area contributed by atoms with E-state index in [-0.39, 0.29) is 23.6 Å². The predicted octanol–water partition coefficient (Wildman–Crippen LogP) is 7.46. The normalized spacial score (nSPS) is 13.7. The summed E-state index contributed by atoms with van der Waals surface area (Å²) in [6.45, 7) is 10.9. The van der Waals surface area contributed by atoms with Gasteiger partial charge in [0, 0.05) is 12.6 Å². The topological polar surface area (TPSA) is 39.2 Å². The molecule has 1 aromatic rings. The van der Waals surface area contributed by atoms with Crippen LogP contribution in [0.15, 0.2) is 12.3 Å². The number of hydrogen-bond donors (Lipinski definition) is 0. The third kappa shape index (κ3) is 7.40. The van der Waals surface area contributed by atoms with E-state index in [4.69, 9.17) is 4.43 Å². The smallest absolute Gasteiger partial charge is 0.193 e. The molecule has 0 bridgehead atoms. The molecule has 3 nitrogen and oxygen atoms in total. The summed E-state index contributed by atoms with van der Waals surface area (Å²) in [5.41, 5.74) is 1.02. The van der Waals surface area contributed by atoms with E-state index in [1.54, 1.807) is 6.92 Å². The predicted molar refractivity (Wildman–Crippen MR) is 118 cm³/mol. The molecule has 1 heterocycles. The molecule has 160 valence electrons. The second-order valence-electron chi connectivity index (χ2n) is 8.08. The molecule has 0 N–H and O–H groups in total. The zero-order valence-corrected chi connectivity index (χ0v) is 19.7. The highest BCUT2D eigenvalue weighted by Crippen LogP contribution is 2.38. The number of carbonyl (C=O) groups excluding carboxylic acids is 1. The van der Waals surface area contributed by atoms with Crippen LogP contribution in [0.1, 0.15) is 102 Å². The second-order valence-corrected chi connectivity index (χ2v) is 12.3. The molecule has 0 spiro atoms. The lowest BCUT2D eigenvalue weighted by molar-refractivity contribution is 0.0983. The van der Waals surface area contributed by atoms with Gasteiger partial charge in [0.25, 0.3) is 0 Å². The molecule has 1 atom stereocenters. The average molecular weight is 410 g/mol. The highest BCUT2D eigenvalue weighted by atomic mass is 28.4. The minimum Gasteiger partial charge on any atom is -0.411 e.